The van der Waals surface area contributed by atoms with E-state index in [-0.39, 0.29) is 34.5 Å². The first-order valence-electron chi connectivity index (χ1n) is 33.2. The second kappa shape index (κ2) is 41.3. The molecule has 22 nitrogen and oxygen atoms in total. The van der Waals surface area contributed by atoms with Crippen LogP contribution in [0.15, 0.2) is 276 Å². The van der Waals surface area contributed by atoms with Crippen LogP contribution in [0.25, 0.3) is 61.8 Å². The topological polar surface area (TPSA) is 321 Å². The quantitative estimate of drug-likeness (QED) is 0.0697. The molecule has 3 aliphatic rings. The molecule has 522 valence electrons. The number of tetrazole rings is 1. The normalized spacial score (nSPS) is 12.2. The van der Waals surface area contributed by atoms with Crippen LogP contribution in [-0.2, 0) is 0 Å². The second-order valence-electron chi connectivity index (χ2n) is 22.7. The minimum atomic E-state index is -0.351. The number of para-hydroxylation sites is 3. The average Bonchev–Trinajstić information content (AvgIpc) is 1.68. The summed E-state index contributed by atoms with van der Waals surface area (Å²) in [6.45, 7) is 14.7. The number of pyridine rings is 4. The predicted molar refractivity (Wildman–Crippen MR) is 400 cm³/mol. The minimum Gasteiger partial charge on any atom is -0.871 e. The van der Waals surface area contributed by atoms with Gasteiger partial charge in [0.05, 0.1) is 50.8 Å². The first-order chi connectivity index (χ1) is 50.3. The van der Waals surface area contributed by atoms with Crippen LogP contribution < -0.4 is 30.5 Å². The molecule has 3 aliphatic heterocycles. The number of rotatable bonds is 10. The molecule has 103 heavy (non-hydrogen) atoms. The Balaban J connectivity index is 0.000000147. The van der Waals surface area contributed by atoms with Crippen molar-refractivity contribution in [3.05, 3.63) is 296 Å². The maximum atomic E-state index is 11.9. The zero-order valence-corrected chi connectivity index (χ0v) is 57.8. The lowest BCUT2D eigenvalue weighted by Gasteiger charge is -2.11. The van der Waals surface area contributed by atoms with E-state index in [2.05, 4.69) is 113 Å². The van der Waals surface area contributed by atoms with Gasteiger partial charge in [0.15, 0.2) is 5.78 Å². The summed E-state index contributed by atoms with van der Waals surface area (Å²) in [5.41, 5.74) is 12.9. The Morgan fingerprint density at radius 3 is 1.72 bits per heavy atom. The molecule has 13 aromatic rings. The van der Waals surface area contributed by atoms with E-state index in [0.29, 0.717) is 39.9 Å². The van der Waals surface area contributed by atoms with E-state index in [0.717, 1.165) is 65.6 Å². The van der Waals surface area contributed by atoms with Gasteiger partial charge in [-0.1, -0.05) is 181 Å². The highest BCUT2D eigenvalue weighted by Gasteiger charge is 2.14. The monoisotopic (exact) mass is 1370 g/mol. The number of hydrogen-bond acceptors (Lipinski definition) is 19. The number of ketones is 1. The van der Waals surface area contributed by atoms with Crippen molar-refractivity contribution < 1.29 is 25.2 Å². The minimum absolute atomic E-state index is 0.0110. The number of fused-ring (bicyclic) bond motifs is 2. The summed E-state index contributed by atoms with van der Waals surface area (Å²) in [7, 11) is 1.78. The Morgan fingerprint density at radius 1 is 0.583 bits per heavy atom. The Labute approximate surface area is 598 Å². The number of Topliss-reactive ketones (excluding diaryl/α,β-unsaturated/α-hetero) is 1. The van der Waals surface area contributed by atoms with E-state index in [9.17, 15) is 25.2 Å². The number of hydrogen-bond donors (Lipinski definition) is 0. The number of carbonyl (C=O) groups excluding carboxylic acids is 1. The SMILES string of the molecule is C1CN=C(CC2=NCCC2)C1.C=C([O-])c1ccc2ccccc2n1.C=C([O-])c1ccccn1.CC(=O)c1c(C)nn(-c2ccccc2)c1[O-].CN=Cc1ccccc1C.[O-]c1cccc2cccnc12.c1ccc(-c2nnc[n-]2)cc1.c1ccc(-c2nnn[n-]2)cc1.c1ccc(C2=NCCC2)nc1. The van der Waals surface area contributed by atoms with Gasteiger partial charge in [-0.3, -0.25) is 50.0 Å². The third kappa shape index (κ3) is 24.7. The molecule has 0 saturated carbocycles. The lowest BCUT2D eigenvalue weighted by molar-refractivity contribution is -0.278. The fraction of sp³-hybridized carbons (Fsp3) is 0.173. The van der Waals surface area contributed by atoms with E-state index in [1.165, 1.54) is 84.4 Å². The summed E-state index contributed by atoms with van der Waals surface area (Å²) in [6, 6.07) is 67.8. The fourth-order valence-electron chi connectivity index (χ4n) is 10.1. The van der Waals surface area contributed by atoms with Crippen LogP contribution in [0.1, 0.15) is 96.1 Å². The van der Waals surface area contributed by atoms with Crippen LogP contribution in [-0.4, -0.2) is 111 Å². The van der Waals surface area contributed by atoms with E-state index >= 15 is 0 Å². The lowest BCUT2D eigenvalue weighted by atomic mass is 10.1. The number of nitrogens with zero attached hydrogens (tertiary/aromatic N) is 17. The molecule has 0 bridgehead atoms. The van der Waals surface area contributed by atoms with Crippen LogP contribution in [0.3, 0.4) is 0 Å². The average molecular weight is 1370 g/mol. The van der Waals surface area contributed by atoms with Gasteiger partial charge in [0.1, 0.15) is 0 Å². The molecule has 0 spiro atoms. The third-order valence-electron chi connectivity index (χ3n) is 15.2. The van der Waals surface area contributed by atoms with Gasteiger partial charge in [0.2, 0.25) is 0 Å². The molecule has 0 unspecified atom stereocenters. The highest BCUT2D eigenvalue weighted by molar-refractivity contribution is 6.05. The van der Waals surface area contributed by atoms with Crippen molar-refractivity contribution in [2.75, 3.05) is 26.7 Å². The summed E-state index contributed by atoms with van der Waals surface area (Å²) >= 11 is 0. The van der Waals surface area contributed by atoms with E-state index in [1.54, 1.807) is 68.8 Å². The fourth-order valence-corrected chi connectivity index (χ4v) is 10.1. The van der Waals surface area contributed by atoms with Crippen LogP contribution in [0, 0.1) is 13.8 Å². The molecule has 0 saturated heterocycles. The molecule has 7 aromatic heterocycles. The lowest BCUT2D eigenvalue weighted by Crippen LogP contribution is -2.06. The maximum Gasteiger partial charge on any atom is 0.162 e. The van der Waals surface area contributed by atoms with Crippen molar-refractivity contribution in [3.8, 4) is 40.1 Å². The Bertz CT molecular complexity index is 4740. The molecule has 6 aromatic carbocycles. The van der Waals surface area contributed by atoms with Crippen LogP contribution in [0.4, 0.5) is 0 Å². The highest BCUT2D eigenvalue weighted by atomic mass is 16.3. The summed E-state index contributed by atoms with van der Waals surface area (Å²) in [5, 5.41) is 72.1. The van der Waals surface area contributed by atoms with Gasteiger partial charge in [0.25, 0.3) is 0 Å². The van der Waals surface area contributed by atoms with Crippen molar-refractivity contribution in [2.24, 2.45) is 20.0 Å². The largest absolute Gasteiger partial charge is 0.871 e. The number of aromatic nitrogens is 13. The Kier molecular flexibility index (Phi) is 30.4. The second-order valence-corrected chi connectivity index (χ2v) is 22.7. The van der Waals surface area contributed by atoms with Crippen molar-refractivity contribution in [1.29, 1.82) is 0 Å². The number of aliphatic imine (C=N–C) groups is 4. The summed E-state index contributed by atoms with van der Waals surface area (Å²) < 4.78 is 1.26. The molecular weight excluding hydrogens is 1290 g/mol. The molecule has 10 heterocycles. The third-order valence-corrected chi connectivity index (χ3v) is 15.2. The Hall–Kier alpha value is -13.1. The summed E-state index contributed by atoms with van der Waals surface area (Å²) in [4.78, 5) is 48.5. The summed E-state index contributed by atoms with van der Waals surface area (Å²) in [6.07, 6.45) is 16.7. The molecule has 0 radical (unpaired) electrons. The van der Waals surface area contributed by atoms with Gasteiger partial charge >= 0.3 is 0 Å². The number of carbonyl (C=O) groups is 1. The standard InChI is InChI=1S/C12H12N2O2.C11H9NO.C9H14N2.C9H10N2.C9H7NO.C9H11N.C8H6N3.C7H5N4.C7H7NO/c1-8-11(9(2)15)12(16)14(13-8)10-6-4-3-5-7-10;1-8(13)10-7-6-9-4-2-3-5-11(9)12-10;1-3-8(10-5-1)7-9-4-2-6-11-9;1-2-6-10-8(4-1)9-5-3-7-11-9;11-8-5-1-3-7-4-2-6-10-9(7)8;1-8-5-3-4-6-9(8)7-10-2;1-2-4-7(5-3-1)8-9-6-10-11-8;1-2-4-6(5-3-1)7-8-10-11-9-7;1-6(9)7-4-2-3-5-8-7/h3-7,16H,1-2H3;2-7,13H,1H2;1-7H2;1-2,4,6H,3,5,7H2;1-6,11H;3-7H,1-2H3;1-6H;1-5H;2-5,9H,1H2/q;;;;;;2*-1;/p-4. The van der Waals surface area contributed by atoms with Gasteiger partial charge in [-0.2, -0.15) is 10.3 Å². The van der Waals surface area contributed by atoms with E-state index in [1.807, 2.05) is 170 Å². The molecule has 0 amide bonds. The Morgan fingerprint density at radius 2 is 1.17 bits per heavy atom. The molecule has 0 atom stereocenters. The maximum absolute atomic E-state index is 11.9. The van der Waals surface area contributed by atoms with Crippen molar-refractivity contribution in [3.63, 3.8) is 0 Å². The van der Waals surface area contributed by atoms with E-state index in [4.69, 9.17) is 0 Å². The molecular formula is C81H77N17O5-6. The first-order valence-corrected chi connectivity index (χ1v) is 33.2. The summed E-state index contributed by atoms with van der Waals surface area (Å²) in [5.74, 6) is 0.168. The zero-order chi connectivity index (χ0) is 72.8. The number of aryl methyl sites for hydroxylation is 2. The van der Waals surface area contributed by atoms with Gasteiger partial charge in [0, 0.05) is 92.2 Å². The van der Waals surface area contributed by atoms with Gasteiger partial charge in [-0.05, 0) is 148 Å². The molecule has 0 fully saturated rings. The molecule has 16 rings (SSSR count). The van der Waals surface area contributed by atoms with Crippen LogP contribution in [0.2, 0.25) is 0 Å². The molecule has 0 N–H and O–H groups in total. The molecule has 22 heteroatoms. The highest BCUT2D eigenvalue weighted by Crippen LogP contribution is 2.23. The van der Waals surface area contributed by atoms with E-state index < -0.39 is 0 Å². The predicted octanol–water partition coefficient (Wildman–Crippen LogP) is 11.9. The van der Waals surface area contributed by atoms with Crippen LogP contribution >= 0.6 is 0 Å². The smallest absolute Gasteiger partial charge is 0.162 e. The first kappa shape index (κ1) is 75.7. The van der Waals surface area contributed by atoms with Crippen molar-refractivity contribution >= 4 is 62.5 Å². The van der Waals surface area contributed by atoms with Crippen molar-refractivity contribution in [1.82, 2.24) is 65.5 Å². The van der Waals surface area contributed by atoms with Gasteiger partial charge in [-0.15, -0.1) is 13.2 Å². The molecule has 0 aliphatic carbocycles. The van der Waals surface area contributed by atoms with Gasteiger partial charge < -0.3 is 40.7 Å². The van der Waals surface area contributed by atoms with Crippen molar-refractivity contribution in [2.45, 2.75) is 65.7 Å². The van der Waals surface area contributed by atoms with Gasteiger partial charge in [-0.25, -0.2) is 9.67 Å². The van der Waals surface area contributed by atoms with Crippen LogP contribution in [0.5, 0.6) is 11.6 Å². The zero-order valence-electron chi connectivity index (χ0n) is 57.8. The number of benzene rings is 6.